The van der Waals surface area contributed by atoms with Gasteiger partial charge in [0, 0.05) is 35.8 Å². The summed E-state index contributed by atoms with van der Waals surface area (Å²) in [5.74, 6) is -0.923. The largest absolute Gasteiger partial charge is 0.480 e. The van der Waals surface area contributed by atoms with E-state index >= 15 is 0 Å². The second kappa shape index (κ2) is 6.20. The Bertz CT molecular complexity index is 975. The van der Waals surface area contributed by atoms with E-state index in [-0.39, 0.29) is 6.54 Å². The second-order valence-corrected chi connectivity index (χ2v) is 5.72. The van der Waals surface area contributed by atoms with Crippen molar-refractivity contribution in [2.45, 2.75) is 6.92 Å². The first-order chi connectivity index (χ1) is 11.5. The van der Waals surface area contributed by atoms with E-state index in [1.807, 2.05) is 43.3 Å². The summed E-state index contributed by atoms with van der Waals surface area (Å²) in [4.78, 5) is 24.4. The number of rotatable bonds is 4. The van der Waals surface area contributed by atoms with Crippen LogP contribution in [0.3, 0.4) is 0 Å². The molecule has 0 bridgehead atoms. The quantitative estimate of drug-likeness (QED) is 0.746. The van der Waals surface area contributed by atoms with Crippen LogP contribution in [0.1, 0.15) is 5.56 Å². The summed E-state index contributed by atoms with van der Waals surface area (Å²) >= 11 is 0. The van der Waals surface area contributed by atoms with E-state index in [0.29, 0.717) is 11.3 Å². The van der Waals surface area contributed by atoms with Crippen molar-refractivity contribution in [3.05, 3.63) is 64.5 Å². The fourth-order valence-corrected chi connectivity index (χ4v) is 2.78. The van der Waals surface area contributed by atoms with Crippen LogP contribution in [0.15, 0.2) is 57.7 Å². The van der Waals surface area contributed by atoms with Gasteiger partial charge in [0.05, 0.1) is 0 Å². The zero-order chi connectivity index (χ0) is 17.3. The van der Waals surface area contributed by atoms with Crippen molar-refractivity contribution in [1.82, 2.24) is 0 Å². The molecule has 5 heteroatoms. The number of nitrogens with zero attached hydrogens (tertiary/aromatic N) is 1. The molecular weight excluding hydrogens is 306 g/mol. The lowest BCUT2D eigenvalue weighted by atomic mass is 9.98. The van der Waals surface area contributed by atoms with Gasteiger partial charge in [-0.1, -0.05) is 24.3 Å². The van der Waals surface area contributed by atoms with Crippen LogP contribution in [-0.2, 0) is 4.79 Å². The van der Waals surface area contributed by atoms with E-state index in [2.05, 4.69) is 0 Å². The minimum Gasteiger partial charge on any atom is -0.480 e. The summed E-state index contributed by atoms with van der Waals surface area (Å²) in [6, 6.07) is 14.7. The van der Waals surface area contributed by atoms with Crippen molar-refractivity contribution >= 4 is 22.6 Å². The maximum Gasteiger partial charge on any atom is 0.336 e. The molecule has 0 saturated heterocycles. The molecule has 5 nitrogen and oxygen atoms in total. The number of fused-ring (bicyclic) bond motifs is 1. The van der Waals surface area contributed by atoms with Crippen LogP contribution in [0.25, 0.3) is 22.1 Å². The molecule has 1 heterocycles. The molecule has 0 spiro atoms. The summed E-state index contributed by atoms with van der Waals surface area (Å²) < 4.78 is 5.33. The molecule has 0 saturated carbocycles. The third-order valence-electron chi connectivity index (χ3n) is 3.98. The summed E-state index contributed by atoms with van der Waals surface area (Å²) in [7, 11) is 1.68. The topological polar surface area (TPSA) is 70.8 Å². The molecule has 3 aromatic rings. The number of hydrogen-bond acceptors (Lipinski definition) is 4. The molecule has 1 aromatic heterocycles. The number of benzene rings is 2. The Morgan fingerprint density at radius 2 is 1.88 bits per heavy atom. The summed E-state index contributed by atoms with van der Waals surface area (Å²) in [5, 5.41) is 9.73. The van der Waals surface area contributed by atoms with Gasteiger partial charge in [-0.25, -0.2) is 4.79 Å². The Morgan fingerprint density at radius 3 is 2.58 bits per heavy atom. The number of aryl methyl sites for hydroxylation is 1. The highest BCUT2D eigenvalue weighted by atomic mass is 16.4. The van der Waals surface area contributed by atoms with E-state index in [1.165, 1.54) is 6.07 Å². The molecule has 0 aliphatic heterocycles. The molecule has 0 aliphatic carbocycles. The molecular formula is C19H17NO4. The number of aliphatic carboxylic acids is 1. The molecule has 1 N–H and O–H groups in total. The maximum absolute atomic E-state index is 12.0. The Labute approximate surface area is 138 Å². The average molecular weight is 323 g/mol. The van der Waals surface area contributed by atoms with E-state index in [9.17, 15) is 9.59 Å². The minimum absolute atomic E-state index is 0.132. The standard InChI is InChI=1S/C19H17NO4/c1-12-5-3-4-6-14(12)16-10-19(23)24-17-9-13(7-8-15(16)17)20(2)11-18(21)22/h3-10H,11H2,1-2H3,(H,21,22). The predicted molar refractivity (Wildman–Crippen MR) is 93.6 cm³/mol. The molecule has 122 valence electrons. The molecule has 24 heavy (non-hydrogen) atoms. The van der Waals surface area contributed by atoms with E-state index in [4.69, 9.17) is 9.52 Å². The molecule has 3 rings (SSSR count). The second-order valence-electron chi connectivity index (χ2n) is 5.72. The predicted octanol–water partition coefficient (Wildman–Crippen LogP) is 3.29. The van der Waals surface area contributed by atoms with Gasteiger partial charge < -0.3 is 14.4 Å². The third-order valence-corrected chi connectivity index (χ3v) is 3.98. The number of carbonyl (C=O) groups is 1. The van der Waals surface area contributed by atoms with Gasteiger partial charge in [0.15, 0.2) is 0 Å². The highest BCUT2D eigenvalue weighted by Gasteiger charge is 2.12. The summed E-state index contributed by atoms with van der Waals surface area (Å²) in [6.45, 7) is 1.86. The number of carboxylic acids is 1. The van der Waals surface area contributed by atoms with E-state index in [0.717, 1.165) is 22.1 Å². The number of hydrogen-bond donors (Lipinski definition) is 1. The van der Waals surface area contributed by atoms with Crippen LogP contribution in [0.5, 0.6) is 0 Å². The average Bonchev–Trinajstić information content (AvgIpc) is 2.53. The van der Waals surface area contributed by atoms with Crippen molar-refractivity contribution < 1.29 is 14.3 Å². The Morgan fingerprint density at radius 1 is 1.12 bits per heavy atom. The smallest absolute Gasteiger partial charge is 0.336 e. The fraction of sp³-hybridized carbons (Fsp3) is 0.158. The monoisotopic (exact) mass is 323 g/mol. The van der Waals surface area contributed by atoms with Crippen molar-refractivity contribution in [2.24, 2.45) is 0 Å². The van der Waals surface area contributed by atoms with Gasteiger partial charge in [0.25, 0.3) is 0 Å². The molecule has 0 atom stereocenters. The minimum atomic E-state index is -0.923. The van der Waals surface area contributed by atoms with Gasteiger partial charge in [-0.3, -0.25) is 4.79 Å². The summed E-state index contributed by atoms with van der Waals surface area (Å²) in [6.07, 6.45) is 0. The normalized spacial score (nSPS) is 10.8. The van der Waals surface area contributed by atoms with E-state index < -0.39 is 11.6 Å². The Balaban J connectivity index is 2.18. The zero-order valence-electron chi connectivity index (χ0n) is 13.4. The molecule has 0 aliphatic rings. The zero-order valence-corrected chi connectivity index (χ0v) is 13.4. The lowest BCUT2D eigenvalue weighted by Gasteiger charge is -2.17. The third kappa shape index (κ3) is 3.01. The lowest BCUT2D eigenvalue weighted by molar-refractivity contribution is -0.135. The van der Waals surface area contributed by atoms with Gasteiger partial charge in [-0.2, -0.15) is 0 Å². The Hall–Kier alpha value is -3.08. The molecule has 0 unspecified atom stereocenters. The van der Waals surface area contributed by atoms with Gasteiger partial charge in [-0.15, -0.1) is 0 Å². The first kappa shape index (κ1) is 15.8. The molecule has 2 aromatic carbocycles. The van der Waals surface area contributed by atoms with Crippen molar-refractivity contribution in [1.29, 1.82) is 0 Å². The van der Waals surface area contributed by atoms with Crippen molar-refractivity contribution in [3.8, 4) is 11.1 Å². The maximum atomic E-state index is 12.0. The Kier molecular flexibility index (Phi) is 4.08. The van der Waals surface area contributed by atoms with E-state index in [1.54, 1.807) is 18.0 Å². The SMILES string of the molecule is Cc1ccccc1-c1cc(=O)oc2cc(N(C)CC(=O)O)ccc12. The fourth-order valence-electron chi connectivity index (χ4n) is 2.78. The number of likely N-dealkylation sites (N-methyl/N-ethyl adjacent to an activating group) is 1. The van der Waals surface area contributed by atoms with Gasteiger partial charge >= 0.3 is 11.6 Å². The first-order valence-corrected chi connectivity index (χ1v) is 7.52. The van der Waals surface area contributed by atoms with Gasteiger partial charge in [0.2, 0.25) is 0 Å². The van der Waals surface area contributed by atoms with Gasteiger partial charge in [-0.05, 0) is 30.2 Å². The van der Waals surface area contributed by atoms with Crippen LogP contribution in [-0.4, -0.2) is 24.7 Å². The molecule has 0 radical (unpaired) electrons. The van der Waals surface area contributed by atoms with Crippen molar-refractivity contribution in [3.63, 3.8) is 0 Å². The number of anilines is 1. The first-order valence-electron chi connectivity index (χ1n) is 7.52. The van der Waals surface area contributed by atoms with Crippen LogP contribution in [0.2, 0.25) is 0 Å². The van der Waals surface area contributed by atoms with Gasteiger partial charge in [0.1, 0.15) is 12.1 Å². The highest BCUT2D eigenvalue weighted by Crippen LogP contribution is 2.31. The van der Waals surface area contributed by atoms with Crippen LogP contribution in [0, 0.1) is 6.92 Å². The lowest BCUT2D eigenvalue weighted by Crippen LogP contribution is -2.24. The summed E-state index contributed by atoms with van der Waals surface area (Å²) in [5.41, 5.74) is 3.54. The van der Waals surface area contributed by atoms with Crippen LogP contribution in [0.4, 0.5) is 5.69 Å². The molecule has 0 fully saturated rings. The number of carboxylic acid groups (broad SMARTS) is 1. The van der Waals surface area contributed by atoms with Crippen LogP contribution >= 0.6 is 0 Å². The molecule has 0 amide bonds. The van der Waals surface area contributed by atoms with Crippen molar-refractivity contribution in [2.75, 3.05) is 18.5 Å². The van der Waals surface area contributed by atoms with Crippen LogP contribution < -0.4 is 10.5 Å². The highest BCUT2D eigenvalue weighted by molar-refractivity contribution is 5.95.